The summed E-state index contributed by atoms with van der Waals surface area (Å²) in [5, 5.41) is 12.9. The molecule has 2 aromatic carbocycles. The third-order valence-electron chi connectivity index (χ3n) is 7.09. The Balaban J connectivity index is 1.43. The van der Waals surface area contributed by atoms with Crippen LogP contribution in [0.25, 0.3) is 33.3 Å². The smallest absolute Gasteiger partial charge is 0.291 e. The molecule has 6 rings (SSSR count). The number of hydrogen-bond acceptors (Lipinski definition) is 6. The lowest BCUT2D eigenvalue weighted by Gasteiger charge is -2.13. The third kappa shape index (κ3) is 4.45. The van der Waals surface area contributed by atoms with Gasteiger partial charge in [0.15, 0.2) is 5.69 Å². The van der Waals surface area contributed by atoms with Crippen LogP contribution < -0.4 is 16.6 Å². The maximum Gasteiger partial charge on any atom is 0.291 e. The Hall–Kier alpha value is -5.50. The number of aryl methyl sites for hydroxylation is 2. The van der Waals surface area contributed by atoms with Gasteiger partial charge >= 0.3 is 0 Å². The van der Waals surface area contributed by atoms with Gasteiger partial charge in [-0.25, -0.2) is 9.37 Å². The number of benzene rings is 2. The first-order valence-corrected chi connectivity index (χ1v) is 12.8. The fourth-order valence-corrected chi connectivity index (χ4v) is 5.08. The zero-order valence-electron chi connectivity index (χ0n) is 22.1. The number of amides is 2. The van der Waals surface area contributed by atoms with Crippen LogP contribution in [0.15, 0.2) is 63.9 Å². The molecule has 11 heteroatoms. The number of nitrogens with zero attached hydrogens (tertiary/aromatic N) is 4. The van der Waals surface area contributed by atoms with Crippen molar-refractivity contribution in [3.63, 3.8) is 0 Å². The summed E-state index contributed by atoms with van der Waals surface area (Å²) < 4.78 is 22.3. The van der Waals surface area contributed by atoms with Gasteiger partial charge in [-0.15, -0.1) is 0 Å². The van der Waals surface area contributed by atoms with E-state index in [0.29, 0.717) is 16.8 Å². The van der Waals surface area contributed by atoms with Crippen LogP contribution in [-0.2, 0) is 7.05 Å². The molecule has 3 N–H and O–H groups in total. The molecule has 0 saturated heterocycles. The largest absolute Gasteiger partial charge is 0.366 e. The van der Waals surface area contributed by atoms with Crippen molar-refractivity contribution in [3.8, 4) is 28.5 Å². The van der Waals surface area contributed by atoms with Crippen molar-refractivity contribution in [1.29, 1.82) is 5.26 Å². The Morgan fingerprint density at radius 3 is 2.49 bits per heavy atom. The van der Waals surface area contributed by atoms with E-state index in [0.717, 1.165) is 40.3 Å². The van der Waals surface area contributed by atoms with E-state index in [2.05, 4.69) is 14.9 Å². The minimum atomic E-state index is -0.940. The minimum Gasteiger partial charge on any atom is -0.366 e. The third-order valence-corrected chi connectivity index (χ3v) is 7.09. The average Bonchev–Trinajstić information content (AvgIpc) is 3.66. The summed E-state index contributed by atoms with van der Waals surface area (Å²) in [5.74, 6) is -2.28. The average molecular weight is 551 g/mol. The van der Waals surface area contributed by atoms with Crippen LogP contribution in [0.3, 0.4) is 0 Å². The van der Waals surface area contributed by atoms with Crippen LogP contribution in [-0.4, -0.2) is 26.1 Å². The van der Waals surface area contributed by atoms with Crippen LogP contribution in [0, 0.1) is 24.1 Å². The van der Waals surface area contributed by atoms with E-state index in [-0.39, 0.29) is 34.3 Å². The van der Waals surface area contributed by atoms with Crippen LogP contribution in [0.5, 0.6) is 0 Å². The highest BCUT2D eigenvalue weighted by atomic mass is 19.1. The molecule has 10 nitrogen and oxygen atoms in total. The summed E-state index contributed by atoms with van der Waals surface area (Å²) >= 11 is 0. The highest BCUT2D eigenvalue weighted by Gasteiger charge is 2.31. The maximum atomic E-state index is 14.0. The van der Waals surface area contributed by atoms with Crippen molar-refractivity contribution < 1.29 is 18.5 Å². The molecule has 2 amide bonds. The fourth-order valence-electron chi connectivity index (χ4n) is 5.08. The molecule has 3 aromatic heterocycles. The number of carbonyl (C=O) groups excluding carboxylic acids is 2. The number of halogens is 1. The Morgan fingerprint density at radius 1 is 1.12 bits per heavy atom. The Morgan fingerprint density at radius 2 is 1.83 bits per heavy atom. The van der Waals surface area contributed by atoms with Gasteiger partial charge in [0, 0.05) is 35.6 Å². The molecule has 1 aliphatic carbocycles. The molecule has 0 atom stereocenters. The number of hydrogen-bond donors (Lipinski definition) is 2. The minimum absolute atomic E-state index is 0.0568. The number of pyridine rings is 1. The molecule has 5 aromatic rings. The van der Waals surface area contributed by atoms with Crippen molar-refractivity contribution in [2.75, 3.05) is 5.32 Å². The summed E-state index contributed by atoms with van der Waals surface area (Å²) in [6, 6.07) is 16.9. The number of rotatable bonds is 6. The van der Waals surface area contributed by atoms with Crippen LogP contribution in [0.4, 0.5) is 10.1 Å². The summed E-state index contributed by atoms with van der Waals surface area (Å²) in [5.41, 5.74) is 8.70. The van der Waals surface area contributed by atoms with Gasteiger partial charge in [-0.05, 0) is 61.2 Å². The lowest BCUT2D eigenvalue weighted by molar-refractivity contribution is 0.0992. The maximum absolute atomic E-state index is 14.0. The van der Waals surface area contributed by atoms with E-state index < -0.39 is 23.2 Å². The summed E-state index contributed by atoms with van der Waals surface area (Å²) in [4.78, 5) is 42.2. The van der Waals surface area contributed by atoms with E-state index in [4.69, 9.17) is 10.3 Å². The molecule has 1 saturated carbocycles. The van der Waals surface area contributed by atoms with E-state index in [1.54, 1.807) is 19.1 Å². The lowest BCUT2D eigenvalue weighted by atomic mass is 10.0. The molecule has 204 valence electrons. The van der Waals surface area contributed by atoms with Gasteiger partial charge in [-0.3, -0.25) is 14.4 Å². The molecule has 0 radical (unpaired) electrons. The predicted octanol–water partition coefficient (Wildman–Crippen LogP) is 4.67. The number of nitriles is 1. The van der Waals surface area contributed by atoms with Gasteiger partial charge in [-0.2, -0.15) is 10.0 Å². The highest BCUT2D eigenvalue weighted by molar-refractivity contribution is 6.12. The molecule has 3 heterocycles. The molecule has 1 aliphatic rings. The molecular formula is C30H23FN6O4. The van der Waals surface area contributed by atoms with Gasteiger partial charge < -0.3 is 20.1 Å². The van der Waals surface area contributed by atoms with E-state index in [9.17, 15) is 24.0 Å². The first kappa shape index (κ1) is 25.8. The quantitative estimate of drug-likeness (QED) is 0.314. The summed E-state index contributed by atoms with van der Waals surface area (Å²) in [6.45, 7) is 1.79. The second-order valence-electron chi connectivity index (χ2n) is 9.98. The number of carbonyl (C=O) groups is 2. The predicted molar refractivity (Wildman–Crippen MR) is 149 cm³/mol. The zero-order valence-corrected chi connectivity index (χ0v) is 22.1. The molecule has 1 fully saturated rings. The number of nitrogens with two attached hydrogens (primary N) is 1. The lowest BCUT2D eigenvalue weighted by Crippen LogP contribution is -2.18. The number of nitrogens with one attached hydrogen (secondary N) is 1. The van der Waals surface area contributed by atoms with Gasteiger partial charge in [0.1, 0.15) is 17.4 Å². The Labute approximate surface area is 232 Å². The van der Waals surface area contributed by atoms with Crippen LogP contribution >= 0.6 is 0 Å². The van der Waals surface area contributed by atoms with Crippen molar-refractivity contribution in [2.24, 2.45) is 12.8 Å². The SMILES string of the molecule is Cc1cc2cc(-c3ccc(-c4c(C#N)on(C)c4=O)cc3)n(C3CC3)c2c(C(=O)Nc2ccc(F)c(C(N)=O)c2)n1. The van der Waals surface area contributed by atoms with E-state index >= 15 is 0 Å². The standard InChI is InChI=1S/C30H23FN6O4/c1-15-11-18-12-23(16-3-5-17(6-4-16)25-24(14-32)41-36(2)30(25)40)37(20-8-9-20)27(18)26(34-15)29(39)35-19-7-10-22(31)21(13-19)28(33)38/h3-7,10-13,20H,8-9H2,1-2H3,(H2,33,38)(H,35,39). The van der Waals surface area contributed by atoms with E-state index in [1.165, 1.54) is 19.2 Å². The second-order valence-corrected chi connectivity index (χ2v) is 9.98. The number of primary amides is 1. The zero-order chi connectivity index (χ0) is 29.0. The van der Waals surface area contributed by atoms with Crippen molar-refractivity contribution in [2.45, 2.75) is 25.8 Å². The van der Waals surface area contributed by atoms with Crippen molar-refractivity contribution >= 4 is 28.4 Å². The summed E-state index contributed by atoms with van der Waals surface area (Å²) in [7, 11) is 1.45. The van der Waals surface area contributed by atoms with Gasteiger partial charge in [0.05, 0.1) is 11.1 Å². The van der Waals surface area contributed by atoms with Gasteiger partial charge in [0.25, 0.3) is 17.4 Å². The van der Waals surface area contributed by atoms with Crippen LogP contribution in [0.1, 0.15) is 51.2 Å². The molecule has 0 bridgehead atoms. The molecular weight excluding hydrogens is 527 g/mol. The first-order chi connectivity index (χ1) is 19.7. The monoisotopic (exact) mass is 550 g/mol. The van der Waals surface area contributed by atoms with Crippen molar-refractivity contribution in [1.82, 2.24) is 14.3 Å². The molecule has 0 unspecified atom stereocenters. The number of aromatic nitrogens is 3. The van der Waals surface area contributed by atoms with E-state index in [1.807, 2.05) is 30.3 Å². The Bertz CT molecular complexity index is 1990. The highest BCUT2D eigenvalue weighted by Crippen LogP contribution is 2.43. The molecule has 41 heavy (non-hydrogen) atoms. The summed E-state index contributed by atoms with van der Waals surface area (Å²) in [6.07, 6.45) is 1.86. The van der Waals surface area contributed by atoms with Crippen LogP contribution in [0.2, 0.25) is 0 Å². The van der Waals surface area contributed by atoms with Gasteiger partial charge in [-0.1, -0.05) is 24.3 Å². The topological polar surface area (TPSA) is 149 Å². The molecule has 0 aliphatic heterocycles. The fraction of sp³-hybridized carbons (Fsp3) is 0.167. The number of anilines is 1. The Kier molecular flexibility index (Phi) is 6.03. The van der Waals surface area contributed by atoms with Gasteiger partial charge in [0.2, 0.25) is 5.76 Å². The normalized spacial score (nSPS) is 12.8. The second kappa shape index (κ2) is 9.60. The first-order valence-electron chi connectivity index (χ1n) is 12.8. The number of fused-ring (bicyclic) bond motifs is 1. The van der Waals surface area contributed by atoms with Crippen molar-refractivity contribution in [3.05, 3.63) is 93.5 Å². The molecule has 0 spiro atoms.